The quantitative estimate of drug-likeness (QED) is 0.376. The SMILES string of the molecule is CN(C)C(c1oc(-c2ccccc2)[o+]c1N(C)C)=[N+](C)C. The molecule has 1 aromatic carbocycles. The summed E-state index contributed by atoms with van der Waals surface area (Å²) < 4.78 is 14.0. The molecule has 1 heterocycles. The van der Waals surface area contributed by atoms with Crippen LogP contribution in [0.1, 0.15) is 5.76 Å². The van der Waals surface area contributed by atoms with Gasteiger partial charge in [-0.05, 0) is 12.1 Å². The van der Waals surface area contributed by atoms with Crippen LogP contribution in [0.3, 0.4) is 0 Å². The smallest absolute Gasteiger partial charge is 0.318 e. The normalized spacial score (nSPS) is 10.4. The van der Waals surface area contributed by atoms with Gasteiger partial charge in [-0.2, -0.15) is 0 Å². The Bertz CT molecular complexity index is 639. The molecule has 0 bridgehead atoms. The van der Waals surface area contributed by atoms with Crippen LogP contribution in [-0.2, 0) is 0 Å². The molecule has 0 radical (unpaired) electrons. The maximum atomic E-state index is 6.02. The largest absolute Gasteiger partial charge is 0.534 e. The Morgan fingerprint density at radius 3 is 2.14 bits per heavy atom. The van der Waals surface area contributed by atoms with Gasteiger partial charge in [-0.25, -0.2) is 4.42 Å². The molecule has 0 spiro atoms. The topological polar surface area (TPSA) is 33.9 Å². The molecule has 0 saturated carbocycles. The van der Waals surface area contributed by atoms with Gasteiger partial charge in [-0.3, -0.25) is 13.9 Å². The second-order valence-electron chi connectivity index (χ2n) is 5.50. The first-order valence-electron chi connectivity index (χ1n) is 6.83. The van der Waals surface area contributed by atoms with E-state index in [9.17, 15) is 0 Å². The minimum Gasteiger partial charge on any atom is -0.318 e. The second kappa shape index (κ2) is 5.99. The first kappa shape index (κ1) is 15.1. The van der Waals surface area contributed by atoms with E-state index in [0.29, 0.717) is 17.6 Å². The van der Waals surface area contributed by atoms with Crippen LogP contribution in [0.2, 0.25) is 0 Å². The molecule has 1 aromatic heterocycles. The Labute approximate surface area is 125 Å². The summed E-state index contributed by atoms with van der Waals surface area (Å²) in [5.74, 6) is 2.88. The van der Waals surface area contributed by atoms with Gasteiger partial charge in [0.1, 0.15) is 5.56 Å². The predicted octanol–water partition coefficient (Wildman–Crippen LogP) is 2.47. The fourth-order valence-corrected chi connectivity index (χ4v) is 2.23. The van der Waals surface area contributed by atoms with Crippen LogP contribution in [0.25, 0.3) is 11.5 Å². The summed E-state index contributed by atoms with van der Waals surface area (Å²) in [6, 6.07) is 9.83. The van der Waals surface area contributed by atoms with Crippen LogP contribution < -0.4 is 4.90 Å². The molecule has 0 atom stereocenters. The third kappa shape index (κ3) is 3.07. The van der Waals surface area contributed by atoms with E-state index in [1.54, 1.807) is 0 Å². The number of anilines is 1. The van der Waals surface area contributed by atoms with Crippen molar-refractivity contribution in [1.82, 2.24) is 4.90 Å². The Kier molecular flexibility index (Phi) is 4.31. The summed E-state index contributed by atoms with van der Waals surface area (Å²) in [6.07, 6.45) is 0. The lowest BCUT2D eigenvalue weighted by Gasteiger charge is -2.07. The average Bonchev–Trinajstić information content (AvgIpc) is 2.84. The van der Waals surface area contributed by atoms with E-state index in [-0.39, 0.29) is 0 Å². The van der Waals surface area contributed by atoms with Crippen molar-refractivity contribution in [1.29, 1.82) is 0 Å². The molecule has 21 heavy (non-hydrogen) atoms. The highest BCUT2D eigenvalue weighted by Crippen LogP contribution is 2.31. The van der Waals surface area contributed by atoms with Crippen LogP contribution in [0.5, 0.6) is 0 Å². The number of nitrogens with zero attached hydrogens (tertiary/aromatic N) is 3. The van der Waals surface area contributed by atoms with Crippen LogP contribution >= 0.6 is 0 Å². The van der Waals surface area contributed by atoms with Crippen LogP contribution in [0.15, 0.2) is 39.2 Å². The number of hydrogen-bond acceptors (Lipinski definition) is 2. The van der Waals surface area contributed by atoms with Crippen molar-refractivity contribution >= 4 is 11.7 Å². The van der Waals surface area contributed by atoms with Crippen LogP contribution in [0, 0.1) is 0 Å². The number of rotatable bonds is 3. The lowest BCUT2D eigenvalue weighted by Crippen LogP contribution is -2.31. The zero-order valence-electron chi connectivity index (χ0n) is 13.5. The minimum absolute atomic E-state index is 0.510. The van der Waals surface area contributed by atoms with Gasteiger partial charge in [0, 0.05) is 14.1 Å². The van der Waals surface area contributed by atoms with E-state index in [1.165, 1.54) is 0 Å². The molecule has 0 fully saturated rings. The number of hydrogen-bond donors (Lipinski definition) is 0. The van der Waals surface area contributed by atoms with Crippen molar-refractivity contribution < 1.29 is 13.4 Å². The van der Waals surface area contributed by atoms with Crippen molar-refractivity contribution in [3.05, 3.63) is 36.1 Å². The molecule has 2 aromatic rings. The van der Waals surface area contributed by atoms with Gasteiger partial charge < -0.3 is 4.90 Å². The minimum atomic E-state index is 0.510. The molecule has 0 aliphatic heterocycles. The maximum absolute atomic E-state index is 6.02. The molecule has 5 heteroatoms. The maximum Gasteiger partial charge on any atom is 0.534 e. The third-order valence-corrected chi connectivity index (χ3v) is 3.04. The van der Waals surface area contributed by atoms with Gasteiger partial charge in [-0.15, -0.1) is 0 Å². The highest BCUT2D eigenvalue weighted by atomic mass is 16.5. The van der Waals surface area contributed by atoms with Crippen LogP contribution in [-0.4, -0.2) is 57.6 Å². The van der Waals surface area contributed by atoms with E-state index >= 15 is 0 Å². The predicted molar refractivity (Wildman–Crippen MR) is 85.0 cm³/mol. The fourth-order valence-electron chi connectivity index (χ4n) is 2.23. The zero-order valence-corrected chi connectivity index (χ0v) is 13.5. The van der Waals surface area contributed by atoms with Gasteiger partial charge in [0.2, 0.25) is 0 Å². The van der Waals surface area contributed by atoms with Crippen molar-refractivity contribution in [2.75, 3.05) is 47.2 Å². The van der Waals surface area contributed by atoms with Crippen molar-refractivity contribution in [3.63, 3.8) is 0 Å². The molecule has 2 rings (SSSR count). The summed E-state index contributed by atoms with van der Waals surface area (Å²) >= 11 is 0. The first-order chi connectivity index (χ1) is 9.91. The van der Waals surface area contributed by atoms with Gasteiger partial charge in [0.25, 0.3) is 0 Å². The lowest BCUT2D eigenvalue weighted by atomic mass is 10.2. The van der Waals surface area contributed by atoms with E-state index < -0.39 is 0 Å². The molecule has 0 aliphatic rings. The summed E-state index contributed by atoms with van der Waals surface area (Å²) in [4.78, 5) is 3.92. The molecular weight excluding hydrogens is 266 g/mol. The Balaban J connectivity index is 2.61. The van der Waals surface area contributed by atoms with Crippen molar-refractivity contribution in [2.45, 2.75) is 0 Å². The third-order valence-electron chi connectivity index (χ3n) is 3.04. The zero-order chi connectivity index (χ0) is 15.6. The van der Waals surface area contributed by atoms with Gasteiger partial charge >= 0.3 is 23.4 Å². The highest BCUT2D eigenvalue weighted by Gasteiger charge is 2.39. The number of amidine groups is 1. The van der Waals surface area contributed by atoms with Gasteiger partial charge in [-0.1, -0.05) is 18.2 Å². The summed E-state index contributed by atoms with van der Waals surface area (Å²) in [5, 5.41) is 0. The molecule has 5 nitrogen and oxygen atoms in total. The molecule has 0 unspecified atom stereocenters. The molecule has 0 amide bonds. The van der Waals surface area contributed by atoms with E-state index in [4.69, 9.17) is 8.83 Å². The molecule has 112 valence electrons. The van der Waals surface area contributed by atoms with Gasteiger partial charge in [0.15, 0.2) is 0 Å². The Hall–Kier alpha value is -2.30. The monoisotopic (exact) mass is 289 g/mol. The first-order valence-corrected chi connectivity index (χ1v) is 6.83. The van der Waals surface area contributed by atoms with Crippen LogP contribution in [0.4, 0.5) is 5.88 Å². The summed E-state index contributed by atoms with van der Waals surface area (Å²) in [7, 11) is 11.8. The Morgan fingerprint density at radius 2 is 1.67 bits per heavy atom. The Morgan fingerprint density at radius 1 is 1.05 bits per heavy atom. The second-order valence-corrected chi connectivity index (χ2v) is 5.50. The highest BCUT2D eigenvalue weighted by molar-refractivity contribution is 5.96. The number of benzene rings is 1. The van der Waals surface area contributed by atoms with Crippen molar-refractivity contribution in [3.8, 4) is 11.5 Å². The molecule has 0 N–H and O–H groups in total. The lowest BCUT2D eigenvalue weighted by molar-refractivity contribution is -0.469. The van der Waals surface area contributed by atoms with E-state index in [1.807, 2.05) is 87.0 Å². The van der Waals surface area contributed by atoms with Gasteiger partial charge in [0.05, 0.1) is 28.2 Å². The summed E-state index contributed by atoms with van der Waals surface area (Å²) in [6.45, 7) is 0. The summed E-state index contributed by atoms with van der Waals surface area (Å²) in [5.41, 5.74) is 0.920. The van der Waals surface area contributed by atoms with Crippen molar-refractivity contribution in [2.24, 2.45) is 0 Å². The molecule has 0 aliphatic carbocycles. The van der Waals surface area contributed by atoms with E-state index in [0.717, 1.165) is 11.4 Å². The van der Waals surface area contributed by atoms with E-state index in [2.05, 4.69) is 0 Å². The standard InChI is InChI=1S/C16H23N3O2/c1-17(2)14(18(3)4)13-15(19(5)6)21-16(20-13)12-10-8-7-9-11-12/h7-11H,1-6H3/q+2. The fraction of sp³-hybridized carbons (Fsp3) is 0.375. The molecule has 0 saturated heterocycles. The molecular formula is C16H23N3O2+2. The average molecular weight is 289 g/mol.